The Hall–Kier alpha value is -2.53. The van der Waals surface area contributed by atoms with E-state index in [2.05, 4.69) is 21.4 Å². The van der Waals surface area contributed by atoms with Crippen LogP contribution in [0, 0.1) is 29.0 Å². The molecule has 32 heavy (non-hydrogen) atoms. The van der Waals surface area contributed by atoms with Crippen molar-refractivity contribution >= 4 is 34.1 Å². The van der Waals surface area contributed by atoms with Crippen molar-refractivity contribution in [3.05, 3.63) is 65.3 Å². The van der Waals surface area contributed by atoms with E-state index in [-0.39, 0.29) is 11.7 Å². The number of hydrogen-bond donors (Lipinski definition) is 1. The highest BCUT2D eigenvalue weighted by molar-refractivity contribution is 6.29. The van der Waals surface area contributed by atoms with Crippen LogP contribution in [0.5, 0.6) is 0 Å². The number of nitrogens with zero attached hydrogens (tertiary/aromatic N) is 2. The smallest absolute Gasteiger partial charge is 0.230 e. The number of pyridine rings is 2. The number of hydrogen-bond acceptors (Lipinski definition) is 3. The molecule has 2 aromatic heterocycles. The Labute approximate surface area is 192 Å². The Morgan fingerprint density at radius 2 is 1.81 bits per heavy atom. The first kappa shape index (κ1) is 21.3. The first-order chi connectivity index (χ1) is 15.3. The summed E-state index contributed by atoms with van der Waals surface area (Å²) >= 11 is 5.85. The number of benzene rings is 1. The van der Waals surface area contributed by atoms with Crippen LogP contribution in [0.25, 0.3) is 10.9 Å². The van der Waals surface area contributed by atoms with Gasteiger partial charge in [-0.3, -0.25) is 9.78 Å². The molecule has 5 rings (SSSR count). The standard InChI is InChI=1S/C26H27ClFN3O/c1-26(2,25(32)31-20-4-6-24(27)30-14-20)18-11-15-9-17(10-16(15)12-18)21-7-8-29-23-5-3-19(28)13-22(21)23/h3-8,13-18H,9-12H2,1-2H3,(H,31,32)/t15-,16?,17-,18-/m1/s1. The number of carbonyl (C=O) groups is 1. The summed E-state index contributed by atoms with van der Waals surface area (Å²) in [5.41, 5.74) is 2.27. The zero-order valence-corrected chi connectivity index (χ0v) is 19.1. The molecule has 2 fully saturated rings. The number of amides is 1. The fourth-order valence-electron chi connectivity index (χ4n) is 5.88. The van der Waals surface area contributed by atoms with Gasteiger partial charge < -0.3 is 5.32 Å². The number of halogens is 2. The highest BCUT2D eigenvalue weighted by atomic mass is 35.5. The molecule has 166 valence electrons. The van der Waals surface area contributed by atoms with Gasteiger partial charge >= 0.3 is 0 Å². The first-order valence-electron chi connectivity index (χ1n) is 11.3. The molecule has 2 aliphatic carbocycles. The van der Waals surface area contributed by atoms with Crippen LogP contribution in [-0.4, -0.2) is 15.9 Å². The van der Waals surface area contributed by atoms with Gasteiger partial charge in [0.2, 0.25) is 5.91 Å². The second kappa shape index (κ2) is 8.11. The largest absolute Gasteiger partial charge is 0.324 e. The van der Waals surface area contributed by atoms with Gasteiger partial charge in [0, 0.05) is 17.0 Å². The summed E-state index contributed by atoms with van der Waals surface area (Å²) in [5.74, 6) is 1.78. The highest BCUT2D eigenvalue weighted by Gasteiger charge is 2.48. The van der Waals surface area contributed by atoms with Gasteiger partial charge in [0.05, 0.1) is 17.4 Å². The number of anilines is 1. The predicted octanol–water partition coefficient (Wildman–Crippen LogP) is 6.61. The first-order valence-corrected chi connectivity index (χ1v) is 11.7. The number of rotatable bonds is 4. The molecular weight excluding hydrogens is 425 g/mol. The van der Waals surface area contributed by atoms with Crippen molar-refractivity contribution < 1.29 is 9.18 Å². The Balaban J connectivity index is 1.28. The second-order valence-corrected chi connectivity index (χ2v) is 10.4. The zero-order valence-electron chi connectivity index (χ0n) is 18.3. The number of carbonyl (C=O) groups excluding carboxylic acids is 1. The average Bonchev–Trinajstić information content (AvgIpc) is 3.34. The zero-order chi connectivity index (χ0) is 22.5. The fourth-order valence-corrected chi connectivity index (χ4v) is 5.99. The van der Waals surface area contributed by atoms with Gasteiger partial charge in [-0.25, -0.2) is 9.37 Å². The molecule has 4 nitrogen and oxygen atoms in total. The van der Waals surface area contributed by atoms with E-state index in [9.17, 15) is 9.18 Å². The summed E-state index contributed by atoms with van der Waals surface area (Å²) in [6.45, 7) is 4.10. The highest BCUT2D eigenvalue weighted by Crippen LogP contribution is 2.56. The monoisotopic (exact) mass is 451 g/mol. The van der Waals surface area contributed by atoms with E-state index in [0.717, 1.165) is 36.6 Å². The van der Waals surface area contributed by atoms with Gasteiger partial charge in [0.25, 0.3) is 0 Å². The third-order valence-electron chi connectivity index (χ3n) is 7.78. The van der Waals surface area contributed by atoms with Crippen molar-refractivity contribution in [3.63, 3.8) is 0 Å². The molecular formula is C26H27ClFN3O. The van der Waals surface area contributed by atoms with Crippen molar-refractivity contribution in [1.29, 1.82) is 0 Å². The molecule has 0 aliphatic heterocycles. The van der Waals surface area contributed by atoms with Crippen molar-refractivity contribution in [2.45, 2.75) is 45.4 Å². The second-order valence-electron chi connectivity index (χ2n) is 9.96. The molecule has 3 aromatic rings. The van der Waals surface area contributed by atoms with Crippen LogP contribution >= 0.6 is 11.6 Å². The van der Waals surface area contributed by atoms with Crippen LogP contribution in [0.4, 0.5) is 10.1 Å². The summed E-state index contributed by atoms with van der Waals surface area (Å²) in [7, 11) is 0. The molecule has 2 aliphatic rings. The molecule has 0 bridgehead atoms. The normalized spacial score (nSPS) is 25.1. The molecule has 6 heteroatoms. The van der Waals surface area contributed by atoms with Gasteiger partial charge in [-0.15, -0.1) is 0 Å². The van der Waals surface area contributed by atoms with Gasteiger partial charge in [-0.2, -0.15) is 0 Å². The van der Waals surface area contributed by atoms with Crippen LogP contribution in [0.3, 0.4) is 0 Å². The predicted molar refractivity (Wildman–Crippen MR) is 125 cm³/mol. The molecule has 1 N–H and O–H groups in total. The Bertz CT molecular complexity index is 1150. The molecule has 1 amide bonds. The summed E-state index contributed by atoms with van der Waals surface area (Å²) in [6, 6.07) is 10.4. The fraction of sp³-hybridized carbons (Fsp3) is 0.423. The van der Waals surface area contributed by atoms with Crippen LogP contribution in [0.2, 0.25) is 5.15 Å². The topological polar surface area (TPSA) is 54.9 Å². The molecule has 0 radical (unpaired) electrons. The van der Waals surface area contributed by atoms with E-state index in [1.165, 1.54) is 11.6 Å². The molecule has 2 saturated carbocycles. The summed E-state index contributed by atoms with van der Waals surface area (Å²) in [4.78, 5) is 21.5. The maximum atomic E-state index is 13.9. The molecule has 0 saturated heterocycles. The van der Waals surface area contributed by atoms with Crippen LogP contribution in [0.15, 0.2) is 48.8 Å². The lowest BCUT2D eigenvalue weighted by atomic mass is 9.75. The number of nitrogens with one attached hydrogen (secondary N) is 1. The van der Waals surface area contributed by atoms with Crippen LogP contribution < -0.4 is 5.32 Å². The minimum atomic E-state index is -0.466. The SMILES string of the molecule is CC(C)(C(=O)Nc1ccc(Cl)nc1)[C@H]1CC2C[C@H](c3ccnc4ccc(F)cc34)C[C@@H]2C1. The van der Waals surface area contributed by atoms with E-state index >= 15 is 0 Å². The molecule has 4 atom stereocenters. The third kappa shape index (κ3) is 3.88. The lowest BCUT2D eigenvalue weighted by Gasteiger charge is -2.31. The Morgan fingerprint density at radius 3 is 2.50 bits per heavy atom. The van der Waals surface area contributed by atoms with Gasteiger partial charge in [0.15, 0.2) is 0 Å². The van der Waals surface area contributed by atoms with Crippen LogP contribution in [-0.2, 0) is 4.79 Å². The van der Waals surface area contributed by atoms with E-state index in [4.69, 9.17) is 11.6 Å². The van der Waals surface area contributed by atoms with E-state index in [1.807, 2.05) is 20.0 Å². The summed E-state index contributed by atoms with van der Waals surface area (Å²) in [5, 5.41) is 4.35. The lowest BCUT2D eigenvalue weighted by molar-refractivity contribution is -0.126. The summed E-state index contributed by atoms with van der Waals surface area (Å²) < 4.78 is 13.9. The third-order valence-corrected chi connectivity index (χ3v) is 8.01. The lowest BCUT2D eigenvalue weighted by Crippen LogP contribution is -2.37. The quantitative estimate of drug-likeness (QED) is 0.454. The maximum Gasteiger partial charge on any atom is 0.230 e. The van der Waals surface area contributed by atoms with Gasteiger partial charge in [-0.05, 0) is 91.3 Å². The van der Waals surface area contributed by atoms with Crippen molar-refractivity contribution in [3.8, 4) is 0 Å². The van der Waals surface area contributed by atoms with E-state index < -0.39 is 5.41 Å². The van der Waals surface area contributed by atoms with Gasteiger partial charge in [0.1, 0.15) is 11.0 Å². The summed E-state index contributed by atoms with van der Waals surface area (Å²) in [6.07, 6.45) is 7.72. The van der Waals surface area contributed by atoms with Crippen molar-refractivity contribution in [1.82, 2.24) is 9.97 Å². The van der Waals surface area contributed by atoms with E-state index in [1.54, 1.807) is 30.5 Å². The maximum absolute atomic E-state index is 13.9. The Morgan fingerprint density at radius 1 is 1.06 bits per heavy atom. The van der Waals surface area contributed by atoms with Gasteiger partial charge in [-0.1, -0.05) is 25.4 Å². The number of fused-ring (bicyclic) bond motifs is 2. The molecule has 2 heterocycles. The van der Waals surface area contributed by atoms with E-state index in [0.29, 0.717) is 34.5 Å². The van der Waals surface area contributed by atoms with Crippen LogP contribution in [0.1, 0.15) is 51.0 Å². The molecule has 1 aromatic carbocycles. The number of aromatic nitrogens is 2. The minimum absolute atomic E-state index is 0.0266. The minimum Gasteiger partial charge on any atom is -0.324 e. The molecule has 0 spiro atoms. The Kier molecular flexibility index (Phi) is 5.40. The average molecular weight is 452 g/mol. The van der Waals surface area contributed by atoms with Crippen molar-refractivity contribution in [2.24, 2.45) is 23.2 Å². The molecule has 1 unspecified atom stereocenters. The van der Waals surface area contributed by atoms with Crippen molar-refractivity contribution in [2.75, 3.05) is 5.32 Å².